The molecule has 0 bridgehead atoms. The monoisotopic (exact) mass is 444 g/mol. The van der Waals surface area contributed by atoms with Gasteiger partial charge in [0, 0.05) is 34.6 Å². The summed E-state index contributed by atoms with van der Waals surface area (Å²) >= 11 is 1.70. The highest BCUT2D eigenvalue weighted by Crippen LogP contribution is 2.33. The SMILES string of the molecule is Cc1c(C=O)cccc1OCCSCCOc1ccc(C(=O)CC(C)(C)C)c(O)c1C. The van der Waals surface area contributed by atoms with Crippen LogP contribution in [-0.4, -0.2) is 41.9 Å². The minimum Gasteiger partial charge on any atom is -0.507 e. The lowest BCUT2D eigenvalue weighted by Crippen LogP contribution is -2.13. The Bertz CT molecular complexity index is 915. The summed E-state index contributed by atoms with van der Waals surface area (Å²) < 4.78 is 11.6. The molecule has 0 atom stereocenters. The Morgan fingerprint density at radius 2 is 1.61 bits per heavy atom. The third kappa shape index (κ3) is 7.31. The van der Waals surface area contributed by atoms with Crippen molar-refractivity contribution in [2.75, 3.05) is 24.7 Å². The summed E-state index contributed by atoms with van der Waals surface area (Å²) in [7, 11) is 0. The van der Waals surface area contributed by atoms with Gasteiger partial charge in [-0.15, -0.1) is 0 Å². The molecule has 0 unspecified atom stereocenters. The molecule has 0 aromatic heterocycles. The van der Waals surface area contributed by atoms with E-state index < -0.39 is 0 Å². The second kappa shape index (κ2) is 11.2. The number of carbonyl (C=O) groups excluding carboxylic acids is 2. The van der Waals surface area contributed by atoms with Crippen molar-refractivity contribution in [3.63, 3.8) is 0 Å². The van der Waals surface area contributed by atoms with Gasteiger partial charge in [0.15, 0.2) is 5.78 Å². The number of thioether (sulfide) groups is 1. The number of ether oxygens (including phenoxy) is 2. The molecule has 0 aliphatic carbocycles. The summed E-state index contributed by atoms with van der Waals surface area (Å²) in [6.45, 7) is 10.7. The molecule has 2 rings (SSSR count). The fraction of sp³-hybridized carbons (Fsp3) is 0.440. The van der Waals surface area contributed by atoms with Gasteiger partial charge in [0.05, 0.1) is 18.8 Å². The van der Waals surface area contributed by atoms with Crippen LogP contribution in [0.25, 0.3) is 0 Å². The number of carbonyl (C=O) groups is 2. The second-order valence-electron chi connectivity index (χ2n) is 8.64. The average Bonchev–Trinajstić information content (AvgIpc) is 2.70. The van der Waals surface area contributed by atoms with Crippen LogP contribution < -0.4 is 9.47 Å². The van der Waals surface area contributed by atoms with Gasteiger partial charge in [-0.05, 0) is 37.5 Å². The maximum absolute atomic E-state index is 12.4. The summed E-state index contributed by atoms with van der Waals surface area (Å²) in [5.41, 5.74) is 2.29. The van der Waals surface area contributed by atoms with Gasteiger partial charge in [0.25, 0.3) is 0 Å². The number of benzene rings is 2. The van der Waals surface area contributed by atoms with Crippen LogP contribution in [0.15, 0.2) is 30.3 Å². The highest BCUT2D eigenvalue weighted by molar-refractivity contribution is 7.99. The lowest BCUT2D eigenvalue weighted by molar-refractivity contribution is 0.0936. The average molecular weight is 445 g/mol. The van der Waals surface area contributed by atoms with Gasteiger partial charge in [-0.1, -0.05) is 32.9 Å². The molecule has 5 nitrogen and oxygen atoms in total. The van der Waals surface area contributed by atoms with E-state index in [1.54, 1.807) is 36.9 Å². The molecule has 0 fully saturated rings. The van der Waals surface area contributed by atoms with E-state index in [0.717, 1.165) is 29.1 Å². The van der Waals surface area contributed by atoms with Gasteiger partial charge >= 0.3 is 0 Å². The Balaban J connectivity index is 1.77. The number of hydrogen-bond donors (Lipinski definition) is 1. The summed E-state index contributed by atoms with van der Waals surface area (Å²) in [5, 5.41) is 10.4. The first-order valence-corrected chi connectivity index (χ1v) is 11.5. The van der Waals surface area contributed by atoms with Crippen LogP contribution in [0.5, 0.6) is 17.2 Å². The fourth-order valence-corrected chi connectivity index (χ4v) is 3.69. The molecule has 2 aromatic rings. The molecule has 0 radical (unpaired) electrons. The minimum absolute atomic E-state index is 0.000674. The second-order valence-corrected chi connectivity index (χ2v) is 9.87. The van der Waals surface area contributed by atoms with Gasteiger partial charge in [-0.3, -0.25) is 9.59 Å². The minimum atomic E-state index is -0.135. The Labute approximate surface area is 189 Å². The molecule has 0 saturated heterocycles. The Morgan fingerprint density at radius 1 is 1.00 bits per heavy atom. The first-order chi connectivity index (χ1) is 14.6. The molecule has 168 valence electrons. The summed E-state index contributed by atoms with van der Waals surface area (Å²) in [6.07, 6.45) is 1.21. The van der Waals surface area contributed by atoms with Crippen molar-refractivity contribution in [1.82, 2.24) is 0 Å². The molecule has 0 amide bonds. The van der Waals surface area contributed by atoms with Gasteiger partial charge in [0.2, 0.25) is 0 Å². The third-order valence-electron chi connectivity index (χ3n) is 4.80. The van der Waals surface area contributed by atoms with E-state index in [9.17, 15) is 14.7 Å². The van der Waals surface area contributed by atoms with E-state index in [1.165, 1.54) is 0 Å². The molecule has 6 heteroatoms. The van der Waals surface area contributed by atoms with Gasteiger partial charge in [-0.2, -0.15) is 11.8 Å². The maximum Gasteiger partial charge on any atom is 0.167 e. The largest absolute Gasteiger partial charge is 0.507 e. The highest BCUT2D eigenvalue weighted by Gasteiger charge is 2.21. The van der Waals surface area contributed by atoms with Crippen molar-refractivity contribution in [2.45, 2.75) is 41.0 Å². The third-order valence-corrected chi connectivity index (χ3v) is 5.71. The zero-order valence-corrected chi connectivity index (χ0v) is 19.8. The molecule has 0 spiro atoms. The molecular formula is C25H32O5S. The number of aldehydes is 1. The van der Waals surface area contributed by atoms with Crippen molar-refractivity contribution >= 4 is 23.8 Å². The molecule has 1 N–H and O–H groups in total. The highest BCUT2D eigenvalue weighted by atomic mass is 32.2. The van der Waals surface area contributed by atoms with Crippen molar-refractivity contribution < 1.29 is 24.2 Å². The van der Waals surface area contributed by atoms with Crippen LogP contribution in [0.2, 0.25) is 0 Å². The number of phenolic OH excluding ortho intramolecular Hbond substituents is 1. The first kappa shape index (κ1) is 24.8. The summed E-state index contributed by atoms with van der Waals surface area (Å²) in [5.74, 6) is 2.81. The predicted octanol–water partition coefficient (Wildman–Crippen LogP) is 5.63. The molecular weight excluding hydrogens is 412 g/mol. The van der Waals surface area contributed by atoms with Crippen molar-refractivity contribution in [3.8, 4) is 17.2 Å². The van der Waals surface area contributed by atoms with E-state index >= 15 is 0 Å². The van der Waals surface area contributed by atoms with E-state index in [1.807, 2.05) is 39.8 Å². The number of rotatable bonds is 11. The predicted molar refractivity (Wildman–Crippen MR) is 126 cm³/mol. The molecule has 2 aromatic carbocycles. The number of aromatic hydroxyl groups is 1. The molecule has 31 heavy (non-hydrogen) atoms. The normalized spacial score (nSPS) is 11.3. The first-order valence-electron chi connectivity index (χ1n) is 10.4. The van der Waals surface area contributed by atoms with Crippen LogP contribution >= 0.6 is 11.8 Å². The van der Waals surface area contributed by atoms with Crippen LogP contribution in [0.3, 0.4) is 0 Å². The van der Waals surface area contributed by atoms with E-state index in [0.29, 0.717) is 42.1 Å². The molecule has 0 heterocycles. The Morgan fingerprint density at radius 3 is 2.19 bits per heavy atom. The number of Topliss-reactive ketones (excluding diaryl/α,β-unsaturated/α-hetero) is 1. The maximum atomic E-state index is 12.4. The van der Waals surface area contributed by atoms with E-state index in [4.69, 9.17) is 9.47 Å². The number of ketones is 1. The summed E-state index contributed by atoms with van der Waals surface area (Å²) in [6, 6.07) is 8.84. The molecule has 0 saturated carbocycles. The summed E-state index contributed by atoms with van der Waals surface area (Å²) in [4.78, 5) is 23.4. The van der Waals surface area contributed by atoms with Crippen molar-refractivity contribution in [2.24, 2.45) is 5.41 Å². The Kier molecular flexibility index (Phi) is 8.99. The van der Waals surface area contributed by atoms with Gasteiger partial charge in [-0.25, -0.2) is 0 Å². The lowest BCUT2D eigenvalue weighted by atomic mass is 9.87. The zero-order valence-electron chi connectivity index (χ0n) is 19.0. The molecule has 0 aliphatic heterocycles. The standard InChI is InChI=1S/C25H32O5S/c1-17-19(16-26)7-6-8-22(17)29-11-13-31-14-12-30-23-10-9-20(24(28)18(23)2)21(27)15-25(3,4)5/h6-10,16,28H,11-15H2,1-5H3. The fourth-order valence-electron chi connectivity index (χ4n) is 3.08. The quantitative estimate of drug-likeness (QED) is 0.275. The number of hydrogen-bond acceptors (Lipinski definition) is 6. The van der Waals surface area contributed by atoms with Crippen molar-refractivity contribution in [1.29, 1.82) is 0 Å². The smallest absolute Gasteiger partial charge is 0.167 e. The van der Waals surface area contributed by atoms with Gasteiger partial charge in [0.1, 0.15) is 23.5 Å². The van der Waals surface area contributed by atoms with E-state index in [2.05, 4.69) is 0 Å². The van der Waals surface area contributed by atoms with Crippen LogP contribution in [0.1, 0.15) is 59.0 Å². The van der Waals surface area contributed by atoms with Crippen LogP contribution in [-0.2, 0) is 0 Å². The topological polar surface area (TPSA) is 72.8 Å². The van der Waals surface area contributed by atoms with Gasteiger partial charge < -0.3 is 14.6 Å². The van der Waals surface area contributed by atoms with Crippen LogP contribution in [0.4, 0.5) is 0 Å². The van der Waals surface area contributed by atoms with Crippen LogP contribution in [0, 0.1) is 19.3 Å². The molecule has 0 aliphatic rings. The van der Waals surface area contributed by atoms with E-state index in [-0.39, 0.29) is 16.9 Å². The lowest BCUT2D eigenvalue weighted by Gasteiger charge is -2.18. The van der Waals surface area contributed by atoms with Crippen molar-refractivity contribution in [3.05, 3.63) is 52.6 Å². The Hall–Kier alpha value is -2.47. The number of phenols is 1. The zero-order chi connectivity index (χ0) is 23.0.